The average molecular weight is 301 g/mol. The highest BCUT2D eigenvalue weighted by Gasteiger charge is 2.44. The fourth-order valence-electron chi connectivity index (χ4n) is 3.58. The standard InChI is InChI=1S/C15H22F3N3/c1-21-9-12(8-19-21)14(15(16,17)18)20-13-4-2-3-11(7-13)10-5-6-10/h8-11,13-14,20H,2-7H2,1H3/t11-,13-,14-/m0/s1. The van der Waals surface area contributed by atoms with Crippen molar-refractivity contribution in [3.63, 3.8) is 0 Å². The van der Waals surface area contributed by atoms with Crippen LogP contribution >= 0.6 is 0 Å². The monoisotopic (exact) mass is 301 g/mol. The summed E-state index contributed by atoms with van der Waals surface area (Å²) in [6.45, 7) is 0. The summed E-state index contributed by atoms with van der Waals surface area (Å²) in [6.07, 6.45) is 4.97. The third-order valence-electron chi connectivity index (χ3n) is 4.79. The van der Waals surface area contributed by atoms with Crippen molar-refractivity contribution < 1.29 is 13.2 Å². The van der Waals surface area contributed by atoms with Crippen molar-refractivity contribution >= 4 is 0 Å². The molecule has 6 heteroatoms. The van der Waals surface area contributed by atoms with Crippen LogP contribution in [0.25, 0.3) is 0 Å². The minimum absolute atomic E-state index is 0.0313. The quantitative estimate of drug-likeness (QED) is 0.921. The van der Waals surface area contributed by atoms with Gasteiger partial charge in [-0.2, -0.15) is 18.3 Å². The fourth-order valence-corrected chi connectivity index (χ4v) is 3.58. The van der Waals surface area contributed by atoms with Crippen LogP contribution in [0.1, 0.15) is 50.1 Å². The van der Waals surface area contributed by atoms with Crippen LogP contribution in [0.5, 0.6) is 0 Å². The summed E-state index contributed by atoms with van der Waals surface area (Å²) in [5.41, 5.74) is 0.207. The molecule has 118 valence electrons. The Labute approximate surface area is 122 Å². The SMILES string of the molecule is Cn1cc([C@H](N[C@H]2CCC[C@H](C3CC3)C2)C(F)(F)F)cn1. The Balaban J connectivity index is 1.69. The van der Waals surface area contributed by atoms with Gasteiger partial charge in [-0.15, -0.1) is 0 Å². The lowest BCUT2D eigenvalue weighted by atomic mass is 9.82. The van der Waals surface area contributed by atoms with Crippen LogP contribution < -0.4 is 5.32 Å². The molecule has 0 bridgehead atoms. The zero-order valence-corrected chi connectivity index (χ0v) is 12.2. The lowest BCUT2D eigenvalue weighted by Gasteiger charge is -2.33. The van der Waals surface area contributed by atoms with Gasteiger partial charge in [-0.1, -0.05) is 12.8 Å². The van der Waals surface area contributed by atoms with Crippen LogP contribution in [-0.2, 0) is 7.05 Å². The molecule has 1 N–H and O–H groups in total. The highest BCUT2D eigenvalue weighted by atomic mass is 19.4. The molecule has 0 spiro atoms. The summed E-state index contributed by atoms with van der Waals surface area (Å²) in [6, 6.07) is -1.63. The van der Waals surface area contributed by atoms with Crippen molar-refractivity contribution in [1.82, 2.24) is 15.1 Å². The number of halogens is 3. The highest BCUT2D eigenvalue weighted by Crippen LogP contribution is 2.44. The average Bonchev–Trinajstić information content (AvgIpc) is 3.18. The normalized spacial score (nSPS) is 28.6. The molecular formula is C15H22F3N3. The van der Waals surface area contributed by atoms with E-state index in [0.717, 1.165) is 25.2 Å². The molecule has 3 atom stereocenters. The zero-order valence-electron chi connectivity index (χ0n) is 12.2. The highest BCUT2D eigenvalue weighted by molar-refractivity contribution is 5.13. The van der Waals surface area contributed by atoms with Crippen molar-refractivity contribution in [3.8, 4) is 0 Å². The van der Waals surface area contributed by atoms with Gasteiger partial charge in [-0.25, -0.2) is 0 Å². The first-order chi connectivity index (χ1) is 9.93. The van der Waals surface area contributed by atoms with Crippen molar-refractivity contribution in [1.29, 1.82) is 0 Å². The molecule has 0 unspecified atom stereocenters. The molecule has 3 nitrogen and oxygen atoms in total. The maximum atomic E-state index is 13.3. The van der Waals surface area contributed by atoms with E-state index in [1.165, 1.54) is 36.3 Å². The molecule has 2 fully saturated rings. The third kappa shape index (κ3) is 3.59. The lowest BCUT2D eigenvalue weighted by Crippen LogP contribution is -2.43. The Morgan fingerprint density at radius 1 is 1.24 bits per heavy atom. The molecule has 2 aliphatic rings. The number of alkyl halides is 3. The molecule has 1 heterocycles. The van der Waals surface area contributed by atoms with E-state index >= 15 is 0 Å². The summed E-state index contributed by atoms with van der Waals surface area (Å²) in [5, 5.41) is 6.73. The summed E-state index contributed by atoms with van der Waals surface area (Å²) >= 11 is 0. The van der Waals surface area contributed by atoms with E-state index in [9.17, 15) is 13.2 Å². The fraction of sp³-hybridized carbons (Fsp3) is 0.800. The first-order valence-electron chi connectivity index (χ1n) is 7.75. The second kappa shape index (κ2) is 5.63. The molecule has 1 aromatic heterocycles. The van der Waals surface area contributed by atoms with Crippen molar-refractivity contribution in [2.75, 3.05) is 0 Å². The molecular weight excluding hydrogens is 279 g/mol. The molecule has 0 amide bonds. The number of aryl methyl sites for hydroxylation is 1. The number of nitrogens with zero attached hydrogens (tertiary/aromatic N) is 2. The van der Waals surface area contributed by atoms with Crippen LogP contribution in [0.4, 0.5) is 13.2 Å². The Bertz CT molecular complexity index is 479. The van der Waals surface area contributed by atoms with Gasteiger partial charge in [-0.05, 0) is 37.5 Å². The summed E-state index contributed by atoms with van der Waals surface area (Å²) in [7, 11) is 1.64. The van der Waals surface area contributed by atoms with E-state index < -0.39 is 12.2 Å². The molecule has 0 saturated heterocycles. The van der Waals surface area contributed by atoms with Crippen LogP contribution in [-0.4, -0.2) is 22.0 Å². The molecule has 21 heavy (non-hydrogen) atoms. The summed E-state index contributed by atoms with van der Waals surface area (Å²) in [5.74, 6) is 1.40. The molecule has 0 aliphatic heterocycles. The van der Waals surface area contributed by atoms with Gasteiger partial charge in [0, 0.05) is 24.8 Å². The van der Waals surface area contributed by atoms with Gasteiger partial charge < -0.3 is 0 Å². The first-order valence-corrected chi connectivity index (χ1v) is 7.75. The van der Waals surface area contributed by atoms with Crippen molar-refractivity contribution in [2.45, 2.75) is 56.8 Å². The van der Waals surface area contributed by atoms with Crippen molar-refractivity contribution in [3.05, 3.63) is 18.0 Å². The van der Waals surface area contributed by atoms with E-state index in [2.05, 4.69) is 10.4 Å². The lowest BCUT2D eigenvalue weighted by molar-refractivity contribution is -0.160. The Hall–Kier alpha value is -1.04. The smallest absolute Gasteiger partial charge is 0.300 e. The van der Waals surface area contributed by atoms with Gasteiger partial charge in [0.1, 0.15) is 6.04 Å². The van der Waals surface area contributed by atoms with Gasteiger partial charge in [0.05, 0.1) is 6.20 Å². The third-order valence-corrected chi connectivity index (χ3v) is 4.79. The number of hydrogen-bond donors (Lipinski definition) is 1. The Morgan fingerprint density at radius 3 is 2.57 bits per heavy atom. The topological polar surface area (TPSA) is 29.9 Å². The molecule has 0 radical (unpaired) electrons. The second-order valence-corrected chi connectivity index (χ2v) is 6.55. The van der Waals surface area contributed by atoms with Crippen LogP contribution in [0.15, 0.2) is 12.4 Å². The van der Waals surface area contributed by atoms with E-state index in [0.29, 0.717) is 5.92 Å². The number of nitrogens with one attached hydrogen (secondary N) is 1. The van der Waals surface area contributed by atoms with Crippen LogP contribution in [0.3, 0.4) is 0 Å². The van der Waals surface area contributed by atoms with E-state index in [1.54, 1.807) is 7.05 Å². The Kier molecular flexibility index (Phi) is 3.99. The predicted octanol–water partition coefficient (Wildman–Crippen LogP) is 3.58. The van der Waals surface area contributed by atoms with Gasteiger partial charge in [0.25, 0.3) is 0 Å². The minimum Gasteiger partial charge on any atom is -0.300 e. The largest absolute Gasteiger partial charge is 0.408 e. The molecule has 2 aliphatic carbocycles. The summed E-state index contributed by atoms with van der Waals surface area (Å²) < 4.78 is 41.4. The molecule has 3 rings (SSSR count). The van der Waals surface area contributed by atoms with E-state index in [4.69, 9.17) is 0 Å². The molecule has 0 aromatic carbocycles. The van der Waals surface area contributed by atoms with Crippen LogP contribution in [0, 0.1) is 11.8 Å². The first kappa shape index (κ1) is 14.9. The van der Waals surface area contributed by atoms with Gasteiger partial charge in [0.2, 0.25) is 0 Å². The number of hydrogen-bond acceptors (Lipinski definition) is 2. The second-order valence-electron chi connectivity index (χ2n) is 6.55. The maximum absolute atomic E-state index is 13.3. The van der Waals surface area contributed by atoms with Crippen molar-refractivity contribution in [2.24, 2.45) is 18.9 Å². The van der Waals surface area contributed by atoms with Gasteiger partial charge >= 0.3 is 6.18 Å². The zero-order chi connectivity index (χ0) is 15.0. The van der Waals surface area contributed by atoms with E-state index in [1.807, 2.05) is 0 Å². The molecule has 1 aromatic rings. The molecule has 2 saturated carbocycles. The van der Waals surface area contributed by atoms with E-state index in [-0.39, 0.29) is 11.6 Å². The Morgan fingerprint density at radius 2 is 2.00 bits per heavy atom. The number of aromatic nitrogens is 2. The predicted molar refractivity (Wildman–Crippen MR) is 73.6 cm³/mol. The van der Waals surface area contributed by atoms with Gasteiger partial charge in [0.15, 0.2) is 0 Å². The number of rotatable bonds is 4. The van der Waals surface area contributed by atoms with Gasteiger partial charge in [-0.3, -0.25) is 10.00 Å². The maximum Gasteiger partial charge on any atom is 0.408 e. The minimum atomic E-state index is -4.28. The summed E-state index contributed by atoms with van der Waals surface area (Å²) in [4.78, 5) is 0. The van der Waals surface area contributed by atoms with Crippen LogP contribution in [0.2, 0.25) is 0 Å².